The van der Waals surface area contributed by atoms with Gasteiger partial charge in [0.2, 0.25) is 6.79 Å². The van der Waals surface area contributed by atoms with Crippen LogP contribution in [0.1, 0.15) is 24.9 Å². The van der Waals surface area contributed by atoms with Crippen molar-refractivity contribution in [2.75, 3.05) is 21.0 Å². The van der Waals surface area contributed by atoms with Crippen molar-refractivity contribution in [1.82, 2.24) is 5.32 Å². The molecule has 0 aromatic heterocycles. The van der Waals surface area contributed by atoms with E-state index in [9.17, 15) is 4.79 Å². The van der Waals surface area contributed by atoms with Crippen LogP contribution in [0, 0.1) is 5.92 Å². The van der Waals surface area contributed by atoms with Gasteiger partial charge in [0, 0.05) is 6.04 Å². The van der Waals surface area contributed by atoms with E-state index < -0.39 is 0 Å². The van der Waals surface area contributed by atoms with Crippen LogP contribution in [0.15, 0.2) is 18.2 Å². The summed E-state index contributed by atoms with van der Waals surface area (Å²) in [5, 5.41) is 3.18. The molecule has 1 aliphatic heterocycles. The van der Waals surface area contributed by atoms with E-state index in [-0.39, 0.29) is 24.7 Å². The SMILES string of the molecule is CCC(C(=O)OC)C(NC)c1ccc2c(c1)OCO2. The molecular weight excluding hydrogens is 246 g/mol. The van der Waals surface area contributed by atoms with E-state index in [4.69, 9.17) is 14.2 Å². The van der Waals surface area contributed by atoms with Gasteiger partial charge < -0.3 is 19.5 Å². The molecule has 2 rings (SSSR count). The zero-order valence-electron chi connectivity index (χ0n) is 11.4. The number of ether oxygens (including phenoxy) is 3. The second-order valence-electron chi connectivity index (χ2n) is 4.42. The van der Waals surface area contributed by atoms with Gasteiger partial charge in [0.15, 0.2) is 11.5 Å². The molecule has 1 aromatic rings. The normalized spacial score (nSPS) is 15.9. The molecule has 0 saturated carbocycles. The van der Waals surface area contributed by atoms with Gasteiger partial charge in [-0.05, 0) is 31.2 Å². The molecule has 0 amide bonds. The first-order valence-electron chi connectivity index (χ1n) is 6.35. The summed E-state index contributed by atoms with van der Waals surface area (Å²) in [4.78, 5) is 11.8. The predicted octanol–water partition coefficient (Wildman–Crippen LogP) is 1.88. The fourth-order valence-electron chi connectivity index (χ4n) is 2.40. The lowest BCUT2D eigenvalue weighted by Gasteiger charge is -2.24. The molecule has 0 aliphatic carbocycles. The molecule has 2 atom stereocenters. The smallest absolute Gasteiger partial charge is 0.310 e. The Kier molecular flexibility index (Phi) is 4.27. The fraction of sp³-hybridized carbons (Fsp3) is 0.500. The van der Waals surface area contributed by atoms with Gasteiger partial charge in [-0.15, -0.1) is 0 Å². The second kappa shape index (κ2) is 5.93. The Bertz CT molecular complexity index is 461. The Morgan fingerprint density at radius 2 is 2.16 bits per heavy atom. The molecule has 5 heteroatoms. The first kappa shape index (κ1) is 13.7. The summed E-state index contributed by atoms with van der Waals surface area (Å²) in [6, 6.07) is 5.62. The van der Waals surface area contributed by atoms with E-state index in [1.807, 2.05) is 32.2 Å². The Morgan fingerprint density at radius 3 is 2.79 bits per heavy atom. The molecule has 1 aliphatic rings. The number of methoxy groups -OCH3 is 1. The lowest BCUT2D eigenvalue weighted by Crippen LogP contribution is -2.31. The second-order valence-corrected chi connectivity index (χ2v) is 4.42. The quantitative estimate of drug-likeness (QED) is 0.824. The summed E-state index contributed by atoms with van der Waals surface area (Å²) < 4.78 is 15.5. The minimum absolute atomic E-state index is 0.105. The number of benzene rings is 1. The number of nitrogens with one attached hydrogen (secondary N) is 1. The van der Waals surface area contributed by atoms with Crippen molar-refractivity contribution in [2.24, 2.45) is 5.92 Å². The number of fused-ring (bicyclic) bond motifs is 1. The van der Waals surface area contributed by atoms with Crippen molar-refractivity contribution < 1.29 is 19.0 Å². The number of carbonyl (C=O) groups excluding carboxylic acids is 1. The maximum absolute atomic E-state index is 11.8. The van der Waals surface area contributed by atoms with Crippen molar-refractivity contribution in [3.05, 3.63) is 23.8 Å². The summed E-state index contributed by atoms with van der Waals surface area (Å²) in [6.07, 6.45) is 0.701. The first-order chi connectivity index (χ1) is 9.21. The van der Waals surface area contributed by atoms with Crippen molar-refractivity contribution in [3.63, 3.8) is 0 Å². The summed E-state index contributed by atoms with van der Waals surface area (Å²) >= 11 is 0. The standard InChI is InChI=1S/C14H19NO4/c1-4-10(14(16)17-3)13(15-2)9-5-6-11-12(7-9)19-8-18-11/h5-7,10,13,15H,4,8H2,1-3H3. The zero-order valence-corrected chi connectivity index (χ0v) is 11.4. The van der Waals surface area contributed by atoms with Gasteiger partial charge in [-0.3, -0.25) is 4.79 Å². The molecule has 2 unspecified atom stereocenters. The summed E-state index contributed by atoms with van der Waals surface area (Å²) in [5.74, 6) is 1.03. The number of hydrogen-bond acceptors (Lipinski definition) is 5. The van der Waals surface area contributed by atoms with E-state index in [1.54, 1.807) is 0 Å². The Balaban J connectivity index is 2.28. The molecule has 0 bridgehead atoms. The number of esters is 1. The molecule has 0 fully saturated rings. The van der Waals surface area contributed by atoms with Gasteiger partial charge in [0.25, 0.3) is 0 Å². The third-order valence-corrected chi connectivity index (χ3v) is 3.41. The third-order valence-electron chi connectivity index (χ3n) is 3.41. The lowest BCUT2D eigenvalue weighted by atomic mass is 9.91. The largest absolute Gasteiger partial charge is 0.469 e. The van der Waals surface area contributed by atoms with Crippen LogP contribution in [0.25, 0.3) is 0 Å². The molecular formula is C14H19NO4. The van der Waals surface area contributed by atoms with E-state index in [0.717, 1.165) is 17.1 Å². The Morgan fingerprint density at radius 1 is 1.42 bits per heavy atom. The average Bonchev–Trinajstić information content (AvgIpc) is 2.91. The van der Waals surface area contributed by atoms with Crippen LogP contribution in [0.2, 0.25) is 0 Å². The summed E-state index contributed by atoms with van der Waals surface area (Å²) in [6.45, 7) is 2.22. The van der Waals surface area contributed by atoms with Crippen LogP contribution in [-0.4, -0.2) is 26.9 Å². The highest BCUT2D eigenvalue weighted by molar-refractivity contribution is 5.73. The zero-order chi connectivity index (χ0) is 13.8. The molecule has 0 radical (unpaired) electrons. The fourth-order valence-corrected chi connectivity index (χ4v) is 2.40. The number of carbonyl (C=O) groups is 1. The van der Waals surface area contributed by atoms with Crippen LogP contribution < -0.4 is 14.8 Å². The summed E-state index contributed by atoms with van der Waals surface area (Å²) in [7, 11) is 3.25. The Hall–Kier alpha value is -1.75. The van der Waals surface area contributed by atoms with E-state index in [2.05, 4.69) is 5.32 Å². The van der Waals surface area contributed by atoms with Crippen LogP contribution in [0.4, 0.5) is 0 Å². The summed E-state index contributed by atoms with van der Waals surface area (Å²) in [5.41, 5.74) is 0.990. The Labute approximate surface area is 112 Å². The topological polar surface area (TPSA) is 56.8 Å². The monoisotopic (exact) mass is 265 g/mol. The van der Waals surface area contributed by atoms with E-state index in [1.165, 1.54) is 7.11 Å². The van der Waals surface area contributed by atoms with Gasteiger partial charge in [0.05, 0.1) is 13.0 Å². The van der Waals surface area contributed by atoms with E-state index in [0.29, 0.717) is 6.42 Å². The van der Waals surface area contributed by atoms with Crippen LogP contribution >= 0.6 is 0 Å². The van der Waals surface area contributed by atoms with Crippen LogP contribution in [0.3, 0.4) is 0 Å². The van der Waals surface area contributed by atoms with Crippen molar-refractivity contribution >= 4 is 5.97 Å². The van der Waals surface area contributed by atoms with Crippen molar-refractivity contribution in [3.8, 4) is 11.5 Å². The van der Waals surface area contributed by atoms with E-state index >= 15 is 0 Å². The highest BCUT2D eigenvalue weighted by atomic mass is 16.7. The minimum atomic E-state index is -0.227. The number of rotatable bonds is 5. The molecule has 1 heterocycles. The molecule has 1 N–H and O–H groups in total. The molecule has 104 valence electrons. The van der Waals surface area contributed by atoms with Gasteiger partial charge in [-0.25, -0.2) is 0 Å². The lowest BCUT2D eigenvalue weighted by molar-refractivity contribution is -0.146. The maximum atomic E-state index is 11.8. The number of hydrogen-bond donors (Lipinski definition) is 1. The molecule has 5 nitrogen and oxygen atoms in total. The molecule has 0 spiro atoms. The van der Waals surface area contributed by atoms with Gasteiger partial charge in [-0.2, -0.15) is 0 Å². The molecule has 1 aromatic carbocycles. The maximum Gasteiger partial charge on any atom is 0.310 e. The molecule has 0 saturated heterocycles. The van der Waals surface area contributed by atoms with Crippen LogP contribution in [-0.2, 0) is 9.53 Å². The van der Waals surface area contributed by atoms with Crippen molar-refractivity contribution in [2.45, 2.75) is 19.4 Å². The van der Waals surface area contributed by atoms with Gasteiger partial charge >= 0.3 is 5.97 Å². The average molecular weight is 265 g/mol. The predicted molar refractivity (Wildman–Crippen MR) is 70.2 cm³/mol. The third kappa shape index (κ3) is 2.66. The van der Waals surface area contributed by atoms with Gasteiger partial charge in [-0.1, -0.05) is 13.0 Å². The van der Waals surface area contributed by atoms with Crippen molar-refractivity contribution in [1.29, 1.82) is 0 Å². The van der Waals surface area contributed by atoms with Gasteiger partial charge in [0.1, 0.15) is 0 Å². The highest BCUT2D eigenvalue weighted by Crippen LogP contribution is 2.36. The minimum Gasteiger partial charge on any atom is -0.469 e. The first-order valence-corrected chi connectivity index (χ1v) is 6.35. The van der Waals surface area contributed by atoms with Crippen LogP contribution in [0.5, 0.6) is 11.5 Å². The highest BCUT2D eigenvalue weighted by Gasteiger charge is 2.29. The molecule has 19 heavy (non-hydrogen) atoms.